The monoisotopic (exact) mass is 665 g/mol. The molecule has 1 amide bonds. The van der Waals surface area contributed by atoms with E-state index in [1.165, 1.54) is 12.4 Å². The van der Waals surface area contributed by atoms with Crippen LogP contribution in [0.15, 0.2) is 66.5 Å². The second-order valence-corrected chi connectivity index (χ2v) is 13.4. The van der Waals surface area contributed by atoms with Gasteiger partial charge in [0.15, 0.2) is 5.65 Å². The van der Waals surface area contributed by atoms with Gasteiger partial charge in [-0.25, -0.2) is 19.0 Å². The normalized spacial score (nSPS) is 20.9. The van der Waals surface area contributed by atoms with Gasteiger partial charge in [-0.3, -0.25) is 14.6 Å². The van der Waals surface area contributed by atoms with Crippen molar-refractivity contribution in [2.24, 2.45) is 0 Å². The van der Waals surface area contributed by atoms with Crippen LogP contribution in [-0.4, -0.2) is 104 Å². The van der Waals surface area contributed by atoms with E-state index in [-0.39, 0.29) is 28.9 Å². The lowest BCUT2D eigenvalue weighted by molar-refractivity contribution is -0.128. The number of carbonyl (C=O) groups is 1. The van der Waals surface area contributed by atoms with E-state index in [0.717, 1.165) is 32.8 Å². The first-order chi connectivity index (χ1) is 23.7. The van der Waals surface area contributed by atoms with Gasteiger partial charge in [-0.15, -0.1) is 0 Å². The largest absolute Gasteiger partial charge is 0.457 e. The molecule has 0 bridgehead atoms. The van der Waals surface area contributed by atoms with Crippen molar-refractivity contribution in [3.8, 4) is 28.8 Å². The Morgan fingerprint density at radius 1 is 1.08 bits per heavy atom. The number of halogens is 1. The first kappa shape index (κ1) is 32.6. The molecule has 5 heterocycles. The molecule has 3 fully saturated rings. The van der Waals surface area contributed by atoms with Crippen LogP contribution >= 0.6 is 0 Å². The third-order valence-electron chi connectivity index (χ3n) is 9.82. The van der Waals surface area contributed by atoms with Crippen LogP contribution in [0.2, 0.25) is 0 Å². The van der Waals surface area contributed by atoms with Crippen molar-refractivity contribution in [3.05, 3.63) is 72.3 Å². The summed E-state index contributed by atoms with van der Waals surface area (Å²) in [7, 11) is 0. The first-order valence-corrected chi connectivity index (χ1v) is 16.7. The van der Waals surface area contributed by atoms with Crippen LogP contribution in [0, 0.1) is 17.1 Å². The molecule has 49 heavy (non-hydrogen) atoms. The molecule has 0 unspecified atom stereocenters. The molecule has 13 heteroatoms. The molecule has 0 spiro atoms. The number of hydrogen-bond acceptors (Lipinski definition) is 10. The van der Waals surface area contributed by atoms with Gasteiger partial charge in [-0.2, -0.15) is 10.4 Å². The number of para-hydroxylation sites is 1. The minimum absolute atomic E-state index is 0.116. The Bertz CT molecular complexity index is 1920. The number of morpholine rings is 1. The van der Waals surface area contributed by atoms with Crippen LogP contribution < -0.4 is 10.5 Å². The average molecular weight is 666 g/mol. The summed E-state index contributed by atoms with van der Waals surface area (Å²) in [5, 5.41) is 15.5. The average Bonchev–Trinajstić information content (AvgIpc) is 3.51. The molecule has 3 aliphatic heterocycles. The molecule has 0 aliphatic carbocycles. The number of piperazine rings is 1. The number of amides is 1. The Morgan fingerprint density at radius 2 is 1.92 bits per heavy atom. The highest BCUT2D eigenvalue weighted by molar-refractivity contribution is 5.99. The smallest absolute Gasteiger partial charge is 0.264 e. The third kappa shape index (κ3) is 6.59. The fourth-order valence-corrected chi connectivity index (χ4v) is 7.18. The minimum Gasteiger partial charge on any atom is -0.457 e. The number of rotatable bonds is 7. The highest BCUT2D eigenvalue weighted by Crippen LogP contribution is 2.36. The van der Waals surface area contributed by atoms with Gasteiger partial charge in [0.2, 0.25) is 0 Å². The Morgan fingerprint density at radius 3 is 2.71 bits per heavy atom. The predicted octanol–water partition coefficient (Wildman–Crippen LogP) is 4.42. The number of nitriles is 1. The first-order valence-electron chi connectivity index (χ1n) is 16.7. The molecule has 7 rings (SSSR count). The maximum Gasteiger partial charge on any atom is 0.264 e. The molecule has 4 aromatic rings. The van der Waals surface area contributed by atoms with Gasteiger partial charge in [0.05, 0.1) is 24.6 Å². The second kappa shape index (κ2) is 13.5. The second-order valence-electron chi connectivity index (χ2n) is 13.4. The van der Waals surface area contributed by atoms with Gasteiger partial charge in [0.1, 0.15) is 46.8 Å². The molecular formula is C36H40FN9O3. The molecule has 2 aromatic heterocycles. The SMILES string of the molecule is CC(C)(/C=C(\C#N)C(=O)N1CCC[C@H](n2nc(-c3ccc(Oc4ccccc4)cc3F)c3c(N)ncnc32)C1)N1CCN2CCOC[C@@H]2C1. The summed E-state index contributed by atoms with van der Waals surface area (Å²) in [6, 6.07) is 16.0. The van der Waals surface area contributed by atoms with E-state index in [1.807, 2.05) is 24.3 Å². The lowest BCUT2D eigenvalue weighted by Crippen LogP contribution is -2.61. The summed E-state index contributed by atoms with van der Waals surface area (Å²) in [4.78, 5) is 29.1. The number of piperidine rings is 1. The summed E-state index contributed by atoms with van der Waals surface area (Å²) in [6.07, 6.45) is 4.57. The number of benzene rings is 2. The van der Waals surface area contributed by atoms with Crippen molar-refractivity contribution in [2.45, 2.75) is 44.3 Å². The lowest BCUT2D eigenvalue weighted by atomic mass is 9.95. The van der Waals surface area contributed by atoms with Crippen LogP contribution in [0.4, 0.5) is 10.2 Å². The molecule has 3 saturated heterocycles. The van der Waals surface area contributed by atoms with Crippen molar-refractivity contribution < 1.29 is 18.7 Å². The van der Waals surface area contributed by atoms with Crippen molar-refractivity contribution in [1.29, 1.82) is 5.26 Å². The number of nitrogen functional groups attached to an aromatic ring is 1. The van der Waals surface area contributed by atoms with E-state index in [4.69, 9.17) is 20.3 Å². The molecule has 0 saturated carbocycles. The number of nitrogens with two attached hydrogens (primary N) is 1. The Hall–Kier alpha value is -4.90. The van der Waals surface area contributed by atoms with Crippen LogP contribution in [0.25, 0.3) is 22.3 Å². The molecule has 2 N–H and O–H groups in total. The number of aromatic nitrogens is 4. The summed E-state index contributed by atoms with van der Waals surface area (Å²) < 4.78 is 28.9. The highest BCUT2D eigenvalue weighted by atomic mass is 19.1. The zero-order valence-electron chi connectivity index (χ0n) is 27.8. The van der Waals surface area contributed by atoms with E-state index in [9.17, 15) is 10.1 Å². The number of fused-ring (bicyclic) bond motifs is 2. The highest BCUT2D eigenvalue weighted by Gasteiger charge is 2.37. The summed E-state index contributed by atoms with van der Waals surface area (Å²) in [5.74, 6) is 0.264. The molecule has 0 radical (unpaired) electrons. The van der Waals surface area contributed by atoms with E-state index < -0.39 is 11.4 Å². The van der Waals surface area contributed by atoms with Crippen LogP contribution in [-0.2, 0) is 9.53 Å². The topological polar surface area (TPSA) is 139 Å². The number of anilines is 1. The quantitative estimate of drug-likeness (QED) is 0.223. The Balaban J connectivity index is 1.13. The fraction of sp³-hybridized carbons (Fsp3) is 0.417. The zero-order chi connectivity index (χ0) is 34.1. The van der Waals surface area contributed by atoms with Gasteiger partial charge in [0, 0.05) is 62.5 Å². The summed E-state index contributed by atoms with van der Waals surface area (Å²) in [5.41, 5.74) is 6.93. The number of ether oxygens (including phenoxy) is 2. The van der Waals surface area contributed by atoms with Gasteiger partial charge < -0.3 is 20.1 Å². The number of carbonyl (C=O) groups excluding carboxylic acids is 1. The van der Waals surface area contributed by atoms with E-state index >= 15 is 4.39 Å². The van der Waals surface area contributed by atoms with Gasteiger partial charge in [0.25, 0.3) is 5.91 Å². The lowest BCUT2D eigenvalue weighted by Gasteiger charge is -2.48. The molecule has 3 aliphatic rings. The number of likely N-dealkylation sites (tertiary alicyclic amines) is 1. The zero-order valence-corrected chi connectivity index (χ0v) is 27.8. The summed E-state index contributed by atoms with van der Waals surface area (Å²) in [6.45, 7) is 9.89. The van der Waals surface area contributed by atoms with E-state index in [1.54, 1.807) is 33.8 Å². The molecule has 254 valence electrons. The molecule has 2 atom stereocenters. The molecule has 12 nitrogen and oxygen atoms in total. The Kier molecular flexibility index (Phi) is 9.02. The summed E-state index contributed by atoms with van der Waals surface area (Å²) >= 11 is 0. The van der Waals surface area contributed by atoms with Crippen LogP contribution in [0.3, 0.4) is 0 Å². The third-order valence-corrected chi connectivity index (χ3v) is 9.82. The predicted molar refractivity (Wildman–Crippen MR) is 182 cm³/mol. The maximum atomic E-state index is 15.7. The number of nitrogens with zero attached hydrogens (tertiary/aromatic N) is 8. The molecule has 2 aromatic carbocycles. The Labute approximate surface area is 284 Å². The van der Waals surface area contributed by atoms with Crippen molar-refractivity contribution >= 4 is 22.8 Å². The standard InChI is InChI=1S/C36H40FN9O3/c1-36(2,45-14-13-43-15-16-48-22-26(43)21-45)18-24(19-38)35(47)44-12-6-7-25(20-44)46-34-31(33(39)40-23-41-34)32(42-46)29-11-10-28(17-30(29)37)49-27-8-4-3-5-9-27/h3-5,8-11,17-18,23,25-26H,6-7,12-16,20-22H2,1-2H3,(H2,39,40,41)/b24-18+/t25-,26-/m0/s1. The van der Waals surface area contributed by atoms with Crippen LogP contribution in [0.1, 0.15) is 32.7 Å². The van der Waals surface area contributed by atoms with Crippen LogP contribution in [0.5, 0.6) is 11.5 Å². The van der Waals surface area contributed by atoms with Crippen molar-refractivity contribution in [2.75, 3.05) is 58.2 Å². The van der Waals surface area contributed by atoms with E-state index in [2.05, 4.69) is 39.7 Å². The van der Waals surface area contributed by atoms with Gasteiger partial charge >= 0.3 is 0 Å². The number of hydrogen-bond donors (Lipinski definition) is 1. The fourth-order valence-electron chi connectivity index (χ4n) is 7.18. The van der Waals surface area contributed by atoms with Gasteiger partial charge in [-0.05, 0) is 57.0 Å². The maximum absolute atomic E-state index is 15.7. The van der Waals surface area contributed by atoms with Crippen molar-refractivity contribution in [1.82, 2.24) is 34.4 Å². The molecular weight excluding hydrogens is 625 g/mol. The minimum atomic E-state index is -0.535. The van der Waals surface area contributed by atoms with E-state index in [0.29, 0.717) is 66.8 Å². The van der Waals surface area contributed by atoms with Gasteiger partial charge in [-0.1, -0.05) is 18.2 Å². The van der Waals surface area contributed by atoms with Crippen molar-refractivity contribution in [3.63, 3.8) is 0 Å².